The predicted molar refractivity (Wildman–Crippen MR) is 116 cm³/mol. The van der Waals surface area contributed by atoms with Crippen LogP contribution in [0.3, 0.4) is 0 Å². The summed E-state index contributed by atoms with van der Waals surface area (Å²) in [6.45, 7) is 1.86. The van der Waals surface area contributed by atoms with E-state index in [1.807, 2.05) is 17.2 Å². The van der Waals surface area contributed by atoms with Gasteiger partial charge in [0.1, 0.15) is 11.6 Å². The Hall–Kier alpha value is -3.28. The van der Waals surface area contributed by atoms with Crippen molar-refractivity contribution >= 4 is 6.03 Å². The Morgan fingerprint density at radius 3 is 2.26 bits per heavy atom. The molecule has 1 atom stereocenters. The Kier molecular flexibility index (Phi) is 6.55. The van der Waals surface area contributed by atoms with Crippen molar-refractivity contribution in [3.8, 4) is 0 Å². The van der Waals surface area contributed by atoms with Gasteiger partial charge in [-0.1, -0.05) is 30.3 Å². The maximum atomic E-state index is 13.4. The van der Waals surface area contributed by atoms with Crippen LogP contribution in [0.2, 0.25) is 0 Å². The van der Waals surface area contributed by atoms with Gasteiger partial charge in [0.2, 0.25) is 0 Å². The lowest BCUT2D eigenvalue weighted by atomic mass is 9.88. The van der Waals surface area contributed by atoms with Gasteiger partial charge in [-0.3, -0.25) is 4.98 Å². The van der Waals surface area contributed by atoms with E-state index in [9.17, 15) is 13.6 Å². The van der Waals surface area contributed by atoms with Gasteiger partial charge in [0.25, 0.3) is 0 Å². The zero-order valence-electron chi connectivity index (χ0n) is 17.2. The molecule has 31 heavy (non-hydrogen) atoms. The molecule has 1 saturated heterocycles. The van der Waals surface area contributed by atoms with E-state index in [1.54, 1.807) is 30.5 Å². The summed E-state index contributed by atoms with van der Waals surface area (Å²) in [5, 5.41) is 3.01. The van der Waals surface area contributed by atoms with Crippen molar-refractivity contribution in [2.45, 2.75) is 24.7 Å². The van der Waals surface area contributed by atoms with Crippen molar-refractivity contribution in [3.05, 3.63) is 101 Å². The molecule has 1 aliphatic rings. The van der Waals surface area contributed by atoms with Crippen LogP contribution < -0.4 is 5.32 Å². The molecule has 0 saturated carbocycles. The van der Waals surface area contributed by atoms with Gasteiger partial charge in [-0.05, 0) is 59.9 Å². The van der Waals surface area contributed by atoms with Crippen LogP contribution in [0.5, 0.6) is 0 Å². The predicted octanol–water partition coefficient (Wildman–Crippen LogP) is 5.08. The molecule has 4 nitrogen and oxygen atoms in total. The van der Waals surface area contributed by atoms with Crippen LogP contribution in [0.4, 0.5) is 13.6 Å². The Morgan fingerprint density at radius 2 is 1.68 bits per heavy atom. The van der Waals surface area contributed by atoms with Gasteiger partial charge in [-0.2, -0.15) is 0 Å². The minimum absolute atomic E-state index is 0.0665. The number of amides is 2. The number of pyridine rings is 1. The van der Waals surface area contributed by atoms with Crippen LogP contribution >= 0.6 is 0 Å². The van der Waals surface area contributed by atoms with E-state index in [4.69, 9.17) is 0 Å². The lowest BCUT2D eigenvalue weighted by molar-refractivity contribution is 0.208. The van der Waals surface area contributed by atoms with Crippen molar-refractivity contribution in [3.63, 3.8) is 0 Å². The van der Waals surface area contributed by atoms with Crippen molar-refractivity contribution < 1.29 is 13.6 Å². The van der Waals surface area contributed by atoms with Crippen LogP contribution in [0.25, 0.3) is 0 Å². The van der Waals surface area contributed by atoms with Gasteiger partial charge in [0, 0.05) is 43.9 Å². The first-order valence-corrected chi connectivity index (χ1v) is 10.5. The second-order valence-electron chi connectivity index (χ2n) is 7.89. The van der Waals surface area contributed by atoms with E-state index in [2.05, 4.69) is 16.4 Å². The molecule has 3 aromatic rings. The smallest absolute Gasteiger partial charge is 0.317 e. The highest BCUT2D eigenvalue weighted by Crippen LogP contribution is 2.29. The van der Waals surface area contributed by atoms with Crippen molar-refractivity contribution in [2.75, 3.05) is 19.6 Å². The average molecular weight is 421 g/mol. The van der Waals surface area contributed by atoms with E-state index >= 15 is 0 Å². The van der Waals surface area contributed by atoms with Gasteiger partial charge < -0.3 is 10.2 Å². The molecule has 2 amide bonds. The van der Waals surface area contributed by atoms with Crippen LogP contribution in [0, 0.1) is 11.6 Å². The zero-order chi connectivity index (χ0) is 21.6. The van der Waals surface area contributed by atoms with Gasteiger partial charge in [0.15, 0.2) is 0 Å². The monoisotopic (exact) mass is 421 g/mol. The molecular formula is C25H25F2N3O. The molecule has 160 valence electrons. The third-order valence-corrected chi connectivity index (χ3v) is 5.89. The van der Waals surface area contributed by atoms with Crippen LogP contribution in [-0.2, 0) is 0 Å². The normalized spacial score (nSPS) is 16.0. The first-order valence-electron chi connectivity index (χ1n) is 10.5. The number of carbonyl (C=O) groups excluding carboxylic acids is 1. The molecular weight excluding hydrogens is 396 g/mol. The highest BCUT2D eigenvalue weighted by atomic mass is 19.1. The average Bonchev–Trinajstić information content (AvgIpc) is 3.29. The molecule has 1 fully saturated rings. The lowest BCUT2D eigenvalue weighted by Crippen LogP contribution is -2.39. The van der Waals surface area contributed by atoms with E-state index in [1.165, 1.54) is 24.3 Å². The highest BCUT2D eigenvalue weighted by Gasteiger charge is 2.27. The lowest BCUT2D eigenvalue weighted by Gasteiger charge is -2.21. The Balaban J connectivity index is 1.37. The number of hydrogen-bond acceptors (Lipinski definition) is 2. The number of nitrogens with one attached hydrogen (secondary N) is 1. The van der Waals surface area contributed by atoms with Gasteiger partial charge in [-0.25, -0.2) is 13.6 Å². The molecule has 4 rings (SSSR count). The summed E-state index contributed by atoms with van der Waals surface area (Å²) < 4.78 is 26.7. The highest BCUT2D eigenvalue weighted by molar-refractivity contribution is 5.74. The summed E-state index contributed by atoms with van der Waals surface area (Å²) in [7, 11) is 0. The van der Waals surface area contributed by atoms with Gasteiger partial charge in [-0.15, -0.1) is 0 Å². The first-order chi connectivity index (χ1) is 15.1. The quantitative estimate of drug-likeness (QED) is 0.603. The maximum Gasteiger partial charge on any atom is 0.317 e. The van der Waals surface area contributed by atoms with E-state index in [0.717, 1.165) is 23.1 Å². The standard InChI is InChI=1S/C25H25F2N3O/c26-22-7-3-18(4-8-22)24(19-5-9-23(27)10-6-19)11-14-29-25(31)30-15-12-21(17-30)20-2-1-13-28-16-20/h1-10,13,16,21,24H,11-12,14-15,17H2,(H,29,31). The molecule has 1 unspecified atom stereocenters. The number of urea groups is 1. The summed E-state index contributed by atoms with van der Waals surface area (Å²) in [5.74, 6) is -0.354. The number of nitrogens with zero attached hydrogens (tertiary/aromatic N) is 2. The molecule has 2 aromatic carbocycles. The minimum Gasteiger partial charge on any atom is -0.338 e. The fourth-order valence-corrected chi connectivity index (χ4v) is 4.19. The van der Waals surface area contributed by atoms with Crippen LogP contribution in [0.15, 0.2) is 73.1 Å². The zero-order valence-corrected chi connectivity index (χ0v) is 17.2. The third-order valence-electron chi connectivity index (χ3n) is 5.89. The van der Waals surface area contributed by atoms with Gasteiger partial charge >= 0.3 is 6.03 Å². The summed E-state index contributed by atoms with van der Waals surface area (Å²) >= 11 is 0. The van der Waals surface area contributed by atoms with Crippen molar-refractivity contribution in [2.24, 2.45) is 0 Å². The van der Waals surface area contributed by atoms with E-state index < -0.39 is 0 Å². The summed E-state index contributed by atoms with van der Waals surface area (Å²) in [5.41, 5.74) is 3.02. The fourth-order valence-electron chi connectivity index (χ4n) is 4.19. The number of likely N-dealkylation sites (tertiary alicyclic amines) is 1. The molecule has 0 aliphatic carbocycles. The molecule has 0 radical (unpaired) electrons. The molecule has 1 N–H and O–H groups in total. The maximum absolute atomic E-state index is 13.4. The Labute approximate surface area is 180 Å². The largest absolute Gasteiger partial charge is 0.338 e. The number of hydrogen-bond donors (Lipinski definition) is 1. The molecule has 6 heteroatoms. The van der Waals surface area contributed by atoms with Gasteiger partial charge in [0.05, 0.1) is 0 Å². The van der Waals surface area contributed by atoms with E-state index in [0.29, 0.717) is 32.0 Å². The van der Waals surface area contributed by atoms with Crippen LogP contribution in [-0.4, -0.2) is 35.5 Å². The fraction of sp³-hybridized carbons (Fsp3) is 0.280. The SMILES string of the molecule is O=C(NCCC(c1ccc(F)cc1)c1ccc(F)cc1)N1CCC(c2cccnc2)C1. The molecule has 0 spiro atoms. The second kappa shape index (κ2) is 9.69. The Bertz CT molecular complexity index is 948. The molecule has 2 heterocycles. The van der Waals surface area contributed by atoms with E-state index in [-0.39, 0.29) is 23.6 Å². The number of benzene rings is 2. The van der Waals surface area contributed by atoms with Crippen molar-refractivity contribution in [1.29, 1.82) is 0 Å². The summed E-state index contributed by atoms with van der Waals surface area (Å²) in [6, 6.07) is 16.5. The summed E-state index contributed by atoms with van der Waals surface area (Å²) in [4.78, 5) is 18.7. The van der Waals surface area contributed by atoms with Crippen molar-refractivity contribution in [1.82, 2.24) is 15.2 Å². The molecule has 1 aliphatic heterocycles. The molecule has 1 aromatic heterocycles. The number of aromatic nitrogens is 1. The first kappa shape index (κ1) is 21.0. The van der Waals surface area contributed by atoms with Crippen LogP contribution in [0.1, 0.15) is 41.4 Å². The Morgan fingerprint density at radius 1 is 1.03 bits per heavy atom. The topological polar surface area (TPSA) is 45.2 Å². The number of halogens is 2. The second-order valence-corrected chi connectivity index (χ2v) is 7.89. The number of rotatable bonds is 6. The third kappa shape index (κ3) is 5.26. The molecule has 0 bridgehead atoms. The number of carbonyl (C=O) groups is 1. The summed E-state index contributed by atoms with van der Waals surface area (Å²) in [6.07, 6.45) is 5.17. The minimum atomic E-state index is -0.299.